The number of fused-ring (bicyclic) bond motifs is 1. The number of benzene rings is 2. The number of carbonyl (C=O) groups excluding carboxylic acids is 1. The molecular weight excluding hydrogens is 335 g/mol. The quantitative estimate of drug-likeness (QED) is 0.747. The standard InChI is InChI=1S/C17H14BrFO2/c1-17(2)9-21-14-7-6-10(8-12(14)17)16(20)11-4-3-5-13(18)15(11)19/h3-8H,9H2,1-2H3. The summed E-state index contributed by atoms with van der Waals surface area (Å²) in [5.74, 6) is -0.0518. The summed E-state index contributed by atoms with van der Waals surface area (Å²) >= 11 is 3.11. The zero-order valence-electron chi connectivity index (χ0n) is 11.7. The first kappa shape index (κ1) is 14.3. The maximum atomic E-state index is 14.1. The first-order valence-corrected chi connectivity index (χ1v) is 7.45. The third kappa shape index (κ3) is 2.38. The van der Waals surface area contributed by atoms with E-state index in [1.807, 2.05) is 6.07 Å². The number of ketones is 1. The highest BCUT2D eigenvalue weighted by Gasteiger charge is 2.32. The van der Waals surface area contributed by atoms with Crippen molar-refractivity contribution in [3.63, 3.8) is 0 Å². The van der Waals surface area contributed by atoms with Gasteiger partial charge in [0.1, 0.15) is 11.6 Å². The molecule has 0 unspecified atom stereocenters. The molecule has 0 aliphatic carbocycles. The lowest BCUT2D eigenvalue weighted by molar-refractivity contribution is 0.103. The monoisotopic (exact) mass is 348 g/mol. The number of carbonyl (C=O) groups is 1. The summed E-state index contributed by atoms with van der Waals surface area (Å²) < 4.78 is 20.0. The molecule has 1 aliphatic heterocycles. The van der Waals surface area contributed by atoms with E-state index in [2.05, 4.69) is 29.8 Å². The molecule has 0 atom stereocenters. The van der Waals surface area contributed by atoms with Crippen molar-refractivity contribution in [2.75, 3.05) is 6.61 Å². The van der Waals surface area contributed by atoms with Gasteiger partial charge in [-0.3, -0.25) is 4.79 Å². The van der Waals surface area contributed by atoms with Gasteiger partial charge in [-0.25, -0.2) is 4.39 Å². The van der Waals surface area contributed by atoms with Crippen molar-refractivity contribution >= 4 is 21.7 Å². The molecule has 0 spiro atoms. The Kier molecular flexibility index (Phi) is 3.36. The predicted octanol–water partition coefficient (Wildman–Crippen LogP) is 4.49. The van der Waals surface area contributed by atoms with E-state index < -0.39 is 5.82 Å². The molecule has 2 aromatic carbocycles. The lowest BCUT2D eigenvalue weighted by Gasteiger charge is -2.15. The molecule has 2 nitrogen and oxygen atoms in total. The zero-order valence-corrected chi connectivity index (χ0v) is 13.3. The first-order chi connectivity index (χ1) is 9.90. The van der Waals surface area contributed by atoms with Gasteiger partial charge >= 0.3 is 0 Å². The van der Waals surface area contributed by atoms with E-state index in [1.54, 1.807) is 24.3 Å². The molecule has 0 saturated heterocycles. The van der Waals surface area contributed by atoms with Gasteiger partial charge in [-0.15, -0.1) is 0 Å². The van der Waals surface area contributed by atoms with E-state index in [9.17, 15) is 9.18 Å². The number of hydrogen-bond acceptors (Lipinski definition) is 2. The van der Waals surface area contributed by atoms with Gasteiger partial charge in [0.05, 0.1) is 16.6 Å². The fraction of sp³-hybridized carbons (Fsp3) is 0.235. The molecule has 0 saturated carbocycles. The minimum Gasteiger partial charge on any atom is -0.492 e. The van der Waals surface area contributed by atoms with Crippen molar-refractivity contribution in [2.24, 2.45) is 0 Å². The fourth-order valence-corrected chi connectivity index (χ4v) is 2.86. The Balaban J connectivity index is 2.06. The third-order valence-electron chi connectivity index (χ3n) is 3.76. The number of ether oxygens (including phenoxy) is 1. The average Bonchev–Trinajstić information content (AvgIpc) is 2.76. The minimum atomic E-state index is -0.529. The van der Waals surface area contributed by atoms with E-state index in [4.69, 9.17) is 4.74 Å². The van der Waals surface area contributed by atoms with E-state index in [0.29, 0.717) is 12.2 Å². The Morgan fingerprint density at radius 3 is 2.81 bits per heavy atom. The minimum absolute atomic E-state index is 0.0704. The van der Waals surface area contributed by atoms with Crippen molar-refractivity contribution in [2.45, 2.75) is 19.3 Å². The molecule has 0 bridgehead atoms. The number of rotatable bonds is 2. The molecule has 0 fully saturated rings. The Hall–Kier alpha value is -1.68. The van der Waals surface area contributed by atoms with Gasteiger partial charge in [-0.05, 0) is 46.3 Å². The van der Waals surface area contributed by atoms with Crippen LogP contribution < -0.4 is 4.74 Å². The Morgan fingerprint density at radius 1 is 1.29 bits per heavy atom. The highest BCUT2D eigenvalue weighted by molar-refractivity contribution is 9.10. The Bertz CT molecular complexity index is 738. The SMILES string of the molecule is CC1(C)COc2ccc(C(=O)c3cccc(Br)c3F)cc21. The van der Waals surface area contributed by atoms with Crippen molar-refractivity contribution < 1.29 is 13.9 Å². The molecule has 0 N–H and O–H groups in total. The summed E-state index contributed by atoms with van der Waals surface area (Å²) in [6.45, 7) is 4.71. The van der Waals surface area contributed by atoms with Gasteiger partial charge < -0.3 is 4.74 Å². The second kappa shape index (κ2) is 4.95. The Morgan fingerprint density at radius 2 is 2.05 bits per heavy atom. The van der Waals surface area contributed by atoms with Gasteiger partial charge in [-0.2, -0.15) is 0 Å². The topological polar surface area (TPSA) is 26.3 Å². The molecule has 3 rings (SSSR count). The van der Waals surface area contributed by atoms with E-state index in [1.165, 1.54) is 6.07 Å². The van der Waals surface area contributed by atoms with Crippen LogP contribution in [0.5, 0.6) is 5.75 Å². The van der Waals surface area contributed by atoms with Crippen LogP contribution in [0.15, 0.2) is 40.9 Å². The highest BCUT2D eigenvalue weighted by Crippen LogP contribution is 2.39. The van der Waals surface area contributed by atoms with Crippen LogP contribution in [0.25, 0.3) is 0 Å². The normalized spacial score (nSPS) is 15.4. The van der Waals surface area contributed by atoms with Crippen LogP contribution >= 0.6 is 15.9 Å². The van der Waals surface area contributed by atoms with Crippen molar-refractivity contribution in [1.82, 2.24) is 0 Å². The summed E-state index contributed by atoms with van der Waals surface area (Å²) in [5.41, 5.74) is 1.40. The molecule has 21 heavy (non-hydrogen) atoms. The predicted molar refractivity (Wildman–Crippen MR) is 82.5 cm³/mol. The van der Waals surface area contributed by atoms with Crippen molar-refractivity contribution in [3.05, 3.63) is 63.4 Å². The van der Waals surface area contributed by atoms with Crippen LogP contribution in [-0.2, 0) is 5.41 Å². The second-order valence-corrected chi connectivity index (χ2v) is 6.67. The van der Waals surface area contributed by atoms with Crippen molar-refractivity contribution in [3.8, 4) is 5.75 Å². The van der Waals surface area contributed by atoms with E-state index in [0.717, 1.165) is 11.3 Å². The molecule has 0 radical (unpaired) electrons. The van der Waals surface area contributed by atoms with Crippen LogP contribution in [0.3, 0.4) is 0 Å². The van der Waals surface area contributed by atoms with Crippen LogP contribution in [-0.4, -0.2) is 12.4 Å². The number of hydrogen-bond donors (Lipinski definition) is 0. The Labute approximate surface area is 131 Å². The van der Waals surface area contributed by atoms with Gasteiger partial charge in [0.15, 0.2) is 5.78 Å². The summed E-state index contributed by atoms with van der Waals surface area (Å²) in [6, 6.07) is 10.0. The third-order valence-corrected chi connectivity index (χ3v) is 4.37. The molecule has 0 amide bonds. The summed E-state index contributed by atoms with van der Waals surface area (Å²) in [7, 11) is 0. The molecule has 4 heteroatoms. The molecule has 108 valence electrons. The van der Waals surface area contributed by atoms with Gasteiger partial charge in [-0.1, -0.05) is 19.9 Å². The molecular formula is C17H14BrFO2. The largest absolute Gasteiger partial charge is 0.492 e. The second-order valence-electron chi connectivity index (χ2n) is 5.81. The maximum absolute atomic E-state index is 14.1. The summed E-state index contributed by atoms with van der Waals surface area (Å²) in [4.78, 5) is 12.5. The summed E-state index contributed by atoms with van der Waals surface area (Å²) in [6.07, 6.45) is 0. The zero-order chi connectivity index (χ0) is 15.2. The average molecular weight is 349 g/mol. The lowest BCUT2D eigenvalue weighted by atomic mass is 9.85. The first-order valence-electron chi connectivity index (χ1n) is 6.66. The van der Waals surface area contributed by atoms with Gasteiger partial charge in [0.2, 0.25) is 0 Å². The fourth-order valence-electron chi connectivity index (χ4n) is 2.50. The molecule has 1 aliphatic rings. The molecule has 2 aromatic rings. The van der Waals surface area contributed by atoms with Crippen LogP contribution in [0, 0.1) is 5.82 Å². The highest BCUT2D eigenvalue weighted by atomic mass is 79.9. The van der Waals surface area contributed by atoms with Crippen LogP contribution in [0.1, 0.15) is 35.3 Å². The van der Waals surface area contributed by atoms with E-state index in [-0.39, 0.29) is 21.2 Å². The van der Waals surface area contributed by atoms with Crippen LogP contribution in [0.2, 0.25) is 0 Å². The van der Waals surface area contributed by atoms with Gasteiger partial charge in [0, 0.05) is 16.5 Å². The maximum Gasteiger partial charge on any atom is 0.196 e. The molecule has 0 aromatic heterocycles. The lowest BCUT2D eigenvalue weighted by Crippen LogP contribution is -2.18. The van der Waals surface area contributed by atoms with E-state index >= 15 is 0 Å². The molecule has 1 heterocycles. The number of halogens is 2. The van der Waals surface area contributed by atoms with Crippen molar-refractivity contribution in [1.29, 1.82) is 0 Å². The van der Waals surface area contributed by atoms with Crippen LogP contribution in [0.4, 0.5) is 4.39 Å². The smallest absolute Gasteiger partial charge is 0.196 e. The summed E-state index contributed by atoms with van der Waals surface area (Å²) in [5, 5.41) is 0. The van der Waals surface area contributed by atoms with Gasteiger partial charge in [0.25, 0.3) is 0 Å².